The highest BCUT2D eigenvalue weighted by Crippen LogP contribution is 2.31. The SMILES string of the molecule is O=C(c1ccccc1OCC1CCCO1)N1CCc2ccccc21. The molecule has 1 fully saturated rings. The molecule has 0 bridgehead atoms. The van der Waals surface area contributed by atoms with Gasteiger partial charge < -0.3 is 14.4 Å². The molecule has 0 aliphatic carbocycles. The van der Waals surface area contributed by atoms with Crippen molar-refractivity contribution in [2.24, 2.45) is 0 Å². The van der Waals surface area contributed by atoms with Gasteiger partial charge in [-0.3, -0.25) is 4.79 Å². The Bertz CT molecular complexity index is 737. The number of nitrogens with zero attached hydrogens (tertiary/aromatic N) is 1. The second-order valence-corrected chi connectivity index (χ2v) is 6.28. The zero-order valence-electron chi connectivity index (χ0n) is 13.6. The molecule has 2 aliphatic rings. The number of carbonyl (C=O) groups excluding carboxylic acids is 1. The predicted molar refractivity (Wildman–Crippen MR) is 92.7 cm³/mol. The minimum absolute atomic E-state index is 0.00268. The highest BCUT2D eigenvalue weighted by molar-refractivity contribution is 6.08. The van der Waals surface area contributed by atoms with Gasteiger partial charge in [0.2, 0.25) is 0 Å². The summed E-state index contributed by atoms with van der Waals surface area (Å²) in [5.74, 6) is 0.644. The highest BCUT2D eigenvalue weighted by Gasteiger charge is 2.27. The van der Waals surface area contributed by atoms with Crippen molar-refractivity contribution in [2.45, 2.75) is 25.4 Å². The van der Waals surface area contributed by atoms with E-state index < -0.39 is 0 Å². The van der Waals surface area contributed by atoms with Crippen molar-refractivity contribution in [3.8, 4) is 5.75 Å². The van der Waals surface area contributed by atoms with Crippen molar-refractivity contribution in [3.63, 3.8) is 0 Å². The summed E-state index contributed by atoms with van der Waals surface area (Å²) in [4.78, 5) is 14.9. The zero-order chi connectivity index (χ0) is 16.4. The Balaban J connectivity index is 1.54. The topological polar surface area (TPSA) is 38.8 Å². The van der Waals surface area contributed by atoms with Crippen LogP contribution in [0.3, 0.4) is 0 Å². The summed E-state index contributed by atoms with van der Waals surface area (Å²) in [5, 5.41) is 0. The number of benzene rings is 2. The van der Waals surface area contributed by atoms with Gasteiger partial charge in [0.1, 0.15) is 12.4 Å². The van der Waals surface area contributed by atoms with Crippen molar-refractivity contribution in [1.82, 2.24) is 0 Å². The number of anilines is 1. The van der Waals surface area contributed by atoms with Crippen LogP contribution in [0.2, 0.25) is 0 Å². The Morgan fingerprint density at radius 2 is 2.00 bits per heavy atom. The van der Waals surface area contributed by atoms with E-state index in [0.717, 1.165) is 38.1 Å². The van der Waals surface area contributed by atoms with E-state index >= 15 is 0 Å². The predicted octanol–water partition coefficient (Wildman–Crippen LogP) is 3.45. The van der Waals surface area contributed by atoms with Crippen LogP contribution in [0.15, 0.2) is 48.5 Å². The first-order chi connectivity index (χ1) is 11.8. The summed E-state index contributed by atoms with van der Waals surface area (Å²) in [5.41, 5.74) is 2.85. The molecule has 4 rings (SSSR count). The number of hydrogen-bond donors (Lipinski definition) is 0. The fraction of sp³-hybridized carbons (Fsp3) is 0.350. The van der Waals surface area contributed by atoms with E-state index in [2.05, 4.69) is 6.07 Å². The van der Waals surface area contributed by atoms with Crippen LogP contribution in [0.4, 0.5) is 5.69 Å². The summed E-state index contributed by atoms with van der Waals surface area (Å²) >= 11 is 0. The fourth-order valence-corrected chi connectivity index (χ4v) is 3.42. The van der Waals surface area contributed by atoms with Gasteiger partial charge in [-0.1, -0.05) is 30.3 Å². The molecule has 1 unspecified atom stereocenters. The maximum Gasteiger partial charge on any atom is 0.262 e. The Kier molecular flexibility index (Phi) is 4.22. The first-order valence-electron chi connectivity index (χ1n) is 8.56. The molecule has 0 N–H and O–H groups in total. The maximum absolute atomic E-state index is 13.0. The highest BCUT2D eigenvalue weighted by atomic mass is 16.5. The largest absolute Gasteiger partial charge is 0.490 e. The number of amides is 1. The lowest BCUT2D eigenvalue weighted by Gasteiger charge is -2.20. The number of hydrogen-bond acceptors (Lipinski definition) is 3. The van der Waals surface area contributed by atoms with E-state index in [4.69, 9.17) is 9.47 Å². The third-order valence-electron chi connectivity index (χ3n) is 4.70. The minimum Gasteiger partial charge on any atom is -0.490 e. The standard InChI is InChI=1S/C20H21NO3/c22-20(21-12-11-15-6-1-3-9-18(15)21)17-8-2-4-10-19(17)24-14-16-7-5-13-23-16/h1-4,6,8-10,16H,5,7,11-14H2. The molecule has 1 saturated heterocycles. The molecule has 4 heteroatoms. The van der Waals surface area contributed by atoms with Crippen molar-refractivity contribution < 1.29 is 14.3 Å². The van der Waals surface area contributed by atoms with Gasteiger partial charge in [-0.2, -0.15) is 0 Å². The molecule has 1 amide bonds. The first-order valence-corrected chi connectivity index (χ1v) is 8.56. The van der Waals surface area contributed by atoms with Crippen LogP contribution in [0.25, 0.3) is 0 Å². The average molecular weight is 323 g/mol. The Morgan fingerprint density at radius 3 is 2.88 bits per heavy atom. The lowest BCUT2D eigenvalue weighted by molar-refractivity contribution is 0.0672. The van der Waals surface area contributed by atoms with Gasteiger partial charge in [-0.25, -0.2) is 0 Å². The van der Waals surface area contributed by atoms with Gasteiger partial charge in [-0.15, -0.1) is 0 Å². The normalized spacial score (nSPS) is 19.3. The number of rotatable bonds is 4. The van der Waals surface area contributed by atoms with Gasteiger partial charge in [0.05, 0.1) is 11.7 Å². The number of ether oxygens (including phenoxy) is 2. The summed E-state index contributed by atoms with van der Waals surface area (Å²) in [7, 11) is 0. The van der Waals surface area contributed by atoms with E-state index in [1.807, 2.05) is 47.4 Å². The maximum atomic E-state index is 13.0. The monoisotopic (exact) mass is 323 g/mol. The Labute approximate surface area is 142 Å². The molecule has 0 radical (unpaired) electrons. The van der Waals surface area contributed by atoms with Crippen LogP contribution in [0, 0.1) is 0 Å². The van der Waals surface area contributed by atoms with Crippen LogP contribution in [0.1, 0.15) is 28.8 Å². The third kappa shape index (κ3) is 2.89. The van der Waals surface area contributed by atoms with Crippen molar-refractivity contribution in [2.75, 3.05) is 24.7 Å². The molecule has 24 heavy (non-hydrogen) atoms. The molecule has 2 heterocycles. The van der Waals surface area contributed by atoms with Crippen molar-refractivity contribution >= 4 is 11.6 Å². The van der Waals surface area contributed by atoms with Gasteiger partial charge >= 0.3 is 0 Å². The van der Waals surface area contributed by atoms with Crippen molar-refractivity contribution in [3.05, 3.63) is 59.7 Å². The van der Waals surface area contributed by atoms with E-state index in [-0.39, 0.29) is 12.0 Å². The second-order valence-electron chi connectivity index (χ2n) is 6.28. The molecule has 2 aromatic rings. The summed E-state index contributed by atoms with van der Waals surface area (Å²) < 4.78 is 11.5. The molecular weight excluding hydrogens is 302 g/mol. The zero-order valence-corrected chi connectivity index (χ0v) is 13.6. The molecule has 0 saturated carbocycles. The summed E-state index contributed by atoms with van der Waals surface area (Å²) in [6.07, 6.45) is 3.15. The van der Waals surface area contributed by atoms with Crippen molar-refractivity contribution in [1.29, 1.82) is 0 Å². The van der Waals surface area contributed by atoms with Gasteiger partial charge in [-0.05, 0) is 43.0 Å². The molecule has 124 valence electrons. The Hall–Kier alpha value is -2.33. The van der Waals surface area contributed by atoms with Crippen LogP contribution in [-0.4, -0.2) is 31.8 Å². The van der Waals surface area contributed by atoms with E-state index in [1.165, 1.54) is 5.56 Å². The third-order valence-corrected chi connectivity index (χ3v) is 4.70. The molecule has 2 aromatic carbocycles. The van der Waals surface area contributed by atoms with Crippen LogP contribution >= 0.6 is 0 Å². The van der Waals surface area contributed by atoms with E-state index in [0.29, 0.717) is 17.9 Å². The van der Waals surface area contributed by atoms with Crippen LogP contribution in [0.5, 0.6) is 5.75 Å². The van der Waals surface area contributed by atoms with Gasteiger partial charge in [0.25, 0.3) is 5.91 Å². The lowest BCUT2D eigenvalue weighted by atomic mass is 10.1. The van der Waals surface area contributed by atoms with Crippen LogP contribution < -0.4 is 9.64 Å². The van der Waals surface area contributed by atoms with Crippen LogP contribution in [-0.2, 0) is 11.2 Å². The summed E-state index contributed by atoms with van der Waals surface area (Å²) in [6.45, 7) is 2.03. The van der Waals surface area contributed by atoms with E-state index in [9.17, 15) is 4.79 Å². The minimum atomic E-state index is 0.00268. The number of para-hydroxylation sites is 2. The molecule has 0 spiro atoms. The molecule has 0 aromatic heterocycles. The Morgan fingerprint density at radius 1 is 1.17 bits per heavy atom. The smallest absolute Gasteiger partial charge is 0.262 e. The lowest BCUT2D eigenvalue weighted by Crippen LogP contribution is -2.29. The molecule has 2 aliphatic heterocycles. The van der Waals surface area contributed by atoms with E-state index in [1.54, 1.807) is 0 Å². The quantitative estimate of drug-likeness (QED) is 0.865. The molecule has 1 atom stereocenters. The average Bonchev–Trinajstić information content (AvgIpc) is 3.29. The van der Waals surface area contributed by atoms with Gasteiger partial charge in [0.15, 0.2) is 0 Å². The first kappa shape index (κ1) is 15.2. The number of fused-ring (bicyclic) bond motifs is 1. The fourth-order valence-electron chi connectivity index (χ4n) is 3.42. The van der Waals surface area contributed by atoms with Gasteiger partial charge in [0, 0.05) is 18.8 Å². The number of carbonyl (C=O) groups is 1. The molecule has 4 nitrogen and oxygen atoms in total. The summed E-state index contributed by atoms with van der Waals surface area (Å²) in [6, 6.07) is 15.6. The second kappa shape index (κ2) is 6.65. The molecular formula is C20H21NO3.